The molecule has 3 heterocycles. The Morgan fingerprint density at radius 1 is 1.14 bits per heavy atom. The van der Waals surface area contributed by atoms with Crippen LogP contribution in [0.4, 0.5) is 0 Å². The third kappa shape index (κ3) is 4.82. The highest BCUT2D eigenvalue weighted by Crippen LogP contribution is 2.46. The van der Waals surface area contributed by atoms with Crippen LogP contribution in [0, 0.1) is 5.92 Å². The Morgan fingerprint density at radius 3 is 2.66 bits per heavy atom. The van der Waals surface area contributed by atoms with Gasteiger partial charge < -0.3 is 14.6 Å². The number of rotatable bonds is 6. The molecule has 2 atom stereocenters. The number of aliphatic hydroxyl groups is 1. The van der Waals surface area contributed by atoms with Gasteiger partial charge in [-0.05, 0) is 98.6 Å². The van der Waals surface area contributed by atoms with Crippen LogP contribution in [0.3, 0.4) is 0 Å². The highest BCUT2D eigenvalue weighted by molar-refractivity contribution is 6.30. The summed E-state index contributed by atoms with van der Waals surface area (Å²) in [6.07, 6.45) is 12.1. The second kappa shape index (κ2) is 9.88. The van der Waals surface area contributed by atoms with Crippen LogP contribution in [-0.4, -0.2) is 44.7 Å². The lowest BCUT2D eigenvalue weighted by molar-refractivity contribution is 0.0209. The van der Waals surface area contributed by atoms with Crippen molar-refractivity contribution in [3.8, 4) is 0 Å². The number of halogens is 1. The van der Waals surface area contributed by atoms with Crippen molar-refractivity contribution in [2.24, 2.45) is 13.0 Å². The Labute approximate surface area is 213 Å². The van der Waals surface area contributed by atoms with Crippen LogP contribution in [0.2, 0.25) is 5.02 Å². The molecule has 2 unspecified atom stereocenters. The molecule has 1 aromatic carbocycles. The van der Waals surface area contributed by atoms with Crippen molar-refractivity contribution in [1.29, 1.82) is 0 Å². The highest BCUT2D eigenvalue weighted by atomic mass is 35.5. The van der Waals surface area contributed by atoms with Crippen molar-refractivity contribution in [3.05, 3.63) is 82.2 Å². The fourth-order valence-electron chi connectivity index (χ4n) is 5.83. The van der Waals surface area contributed by atoms with Crippen LogP contribution in [0.15, 0.2) is 49.1 Å². The van der Waals surface area contributed by atoms with E-state index in [2.05, 4.69) is 41.2 Å². The molecule has 184 valence electrons. The molecule has 5 rings (SSSR count). The minimum atomic E-state index is -0.971. The van der Waals surface area contributed by atoms with Gasteiger partial charge >= 0.3 is 0 Å². The molecule has 3 aromatic rings. The van der Waals surface area contributed by atoms with Gasteiger partial charge in [-0.2, -0.15) is 0 Å². The first-order valence-electron chi connectivity index (χ1n) is 12.7. The zero-order valence-electron chi connectivity index (χ0n) is 20.9. The van der Waals surface area contributed by atoms with Crippen LogP contribution in [0.25, 0.3) is 11.6 Å². The summed E-state index contributed by atoms with van der Waals surface area (Å²) in [7, 11) is 4.14. The number of likely N-dealkylation sites (tertiary alicyclic amines) is 1. The number of allylic oxidation sites excluding steroid dienone is 1. The molecule has 0 spiro atoms. The lowest BCUT2D eigenvalue weighted by atomic mass is 9.76. The van der Waals surface area contributed by atoms with E-state index in [-0.39, 0.29) is 5.92 Å². The number of imidazole rings is 1. The summed E-state index contributed by atoms with van der Waals surface area (Å²) >= 11 is 6.49. The smallest absolute Gasteiger partial charge is 0.108 e. The second-order valence-corrected chi connectivity index (χ2v) is 10.7. The Hall–Kier alpha value is -2.47. The van der Waals surface area contributed by atoms with Gasteiger partial charge in [-0.15, -0.1) is 0 Å². The van der Waals surface area contributed by atoms with Crippen molar-refractivity contribution >= 4 is 23.3 Å². The summed E-state index contributed by atoms with van der Waals surface area (Å²) in [4.78, 5) is 11.9. The monoisotopic (exact) mass is 490 g/mol. The number of hydrogen-bond donors (Lipinski definition) is 1. The van der Waals surface area contributed by atoms with Gasteiger partial charge in [0.25, 0.3) is 0 Å². The van der Waals surface area contributed by atoms with Crippen LogP contribution in [-0.2, 0) is 12.6 Å². The van der Waals surface area contributed by atoms with Crippen molar-refractivity contribution in [2.75, 3.05) is 20.1 Å². The summed E-state index contributed by atoms with van der Waals surface area (Å²) in [5, 5.41) is 12.3. The maximum atomic E-state index is 11.5. The minimum absolute atomic E-state index is 0.238. The van der Waals surface area contributed by atoms with Crippen LogP contribution >= 0.6 is 11.6 Å². The average molecular weight is 491 g/mol. The number of aryl methyl sites for hydroxylation is 1. The molecule has 35 heavy (non-hydrogen) atoms. The van der Waals surface area contributed by atoms with E-state index < -0.39 is 5.60 Å². The first-order valence-corrected chi connectivity index (χ1v) is 13.1. The van der Waals surface area contributed by atoms with E-state index in [1.807, 2.05) is 43.1 Å². The van der Waals surface area contributed by atoms with E-state index in [1.165, 1.54) is 22.3 Å². The van der Waals surface area contributed by atoms with Crippen LogP contribution in [0.5, 0.6) is 0 Å². The maximum Gasteiger partial charge on any atom is 0.108 e. The minimum Gasteiger partial charge on any atom is -0.383 e. The molecule has 0 saturated carbocycles. The van der Waals surface area contributed by atoms with Crippen molar-refractivity contribution in [3.63, 3.8) is 0 Å². The lowest BCUT2D eigenvalue weighted by Crippen LogP contribution is -2.33. The summed E-state index contributed by atoms with van der Waals surface area (Å²) in [5.74, 6) is 0.774. The SMILES string of the molecule is CCC(O)(CCC1=Cc2cc(Cl)ccc2C(C2CCN(C)CC2)c2ncccc21)c1cn(C)cn1. The van der Waals surface area contributed by atoms with Gasteiger partial charge in [-0.3, -0.25) is 4.98 Å². The molecule has 1 N–H and O–H groups in total. The van der Waals surface area contributed by atoms with Gasteiger partial charge in [0.05, 0.1) is 17.7 Å². The molecule has 6 heteroatoms. The fraction of sp³-hybridized carbons (Fsp3) is 0.448. The molecule has 0 bridgehead atoms. The van der Waals surface area contributed by atoms with Crippen LogP contribution in [0.1, 0.15) is 73.0 Å². The molecule has 1 aliphatic heterocycles. The number of benzene rings is 1. The highest BCUT2D eigenvalue weighted by Gasteiger charge is 2.35. The van der Waals surface area contributed by atoms with Gasteiger partial charge in [0.15, 0.2) is 0 Å². The average Bonchev–Trinajstić information content (AvgIpc) is 3.25. The topological polar surface area (TPSA) is 54.2 Å². The quantitative estimate of drug-likeness (QED) is 0.469. The zero-order chi connectivity index (χ0) is 24.6. The molecule has 1 fully saturated rings. The molecule has 2 aliphatic rings. The Balaban J connectivity index is 1.56. The molecule has 1 aliphatic carbocycles. The molecular formula is C29H35ClN4O. The number of hydrogen-bond acceptors (Lipinski definition) is 4. The first-order chi connectivity index (χ1) is 16.9. The van der Waals surface area contributed by atoms with Crippen molar-refractivity contribution in [2.45, 2.75) is 50.5 Å². The number of nitrogens with zero attached hydrogens (tertiary/aromatic N) is 4. The Morgan fingerprint density at radius 2 is 1.94 bits per heavy atom. The molecule has 0 radical (unpaired) electrons. The van der Waals surface area contributed by atoms with E-state index in [4.69, 9.17) is 16.6 Å². The fourth-order valence-corrected chi connectivity index (χ4v) is 6.01. The largest absolute Gasteiger partial charge is 0.383 e. The molecule has 5 nitrogen and oxygen atoms in total. The van der Waals surface area contributed by atoms with Gasteiger partial charge in [0.2, 0.25) is 0 Å². The van der Waals surface area contributed by atoms with E-state index in [1.54, 1.807) is 6.33 Å². The van der Waals surface area contributed by atoms with E-state index >= 15 is 0 Å². The van der Waals surface area contributed by atoms with E-state index in [0.717, 1.165) is 48.8 Å². The Kier molecular flexibility index (Phi) is 6.84. The number of aromatic nitrogens is 3. The first kappa shape index (κ1) is 24.2. The van der Waals surface area contributed by atoms with Gasteiger partial charge in [0, 0.05) is 30.4 Å². The van der Waals surface area contributed by atoms with E-state index in [9.17, 15) is 5.11 Å². The second-order valence-electron chi connectivity index (χ2n) is 10.3. The molecule has 0 amide bonds. The number of pyridine rings is 1. The molecule has 2 aromatic heterocycles. The number of fused-ring (bicyclic) bond motifs is 2. The summed E-state index contributed by atoms with van der Waals surface area (Å²) in [5.41, 5.74) is 5.81. The third-order valence-corrected chi connectivity index (χ3v) is 8.24. The predicted octanol–water partition coefficient (Wildman–Crippen LogP) is 5.87. The van der Waals surface area contributed by atoms with Gasteiger partial charge in [-0.25, -0.2) is 4.98 Å². The molecule has 1 saturated heterocycles. The predicted molar refractivity (Wildman–Crippen MR) is 142 cm³/mol. The molecular weight excluding hydrogens is 456 g/mol. The van der Waals surface area contributed by atoms with Crippen molar-refractivity contribution in [1.82, 2.24) is 19.4 Å². The van der Waals surface area contributed by atoms with Gasteiger partial charge in [0.1, 0.15) is 5.60 Å². The van der Waals surface area contributed by atoms with Crippen LogP contribution < -0.4 is 0 Å². The zero-order valence-corrected chi connectivity index (χ0v) is 21.7. The lowest BCUT2D eigenvalue weighted by Gasteiger charge is -2.35. The maximum absolute atomic E-state index is 11.5. The van der Waals surface area contributed by atoms with E-state index in [0.29, 0.717) is 18.8 Å². The Bertz CT molecular complexity index is 1230. The third-order valence-electron chi connectivity index (χ3n) is 8.00. The van der Waals surface area contributed by atoms with Crippen molar-refractivity contribution < 1.29 is 5.11 Å². The number of piperidine rings is 1. The summed E-state index contributed by atoms with van der Waals surface area (Å²) < 4.78 is 1.89. The normalized spacial score (nSPS) is 20.5. The summed E-state index contributed by atoms with van der Waals surface area (Å²) in [6.45, 7) is 4.25. The standard InChI is InChI=1S/C29H35ClN4O/c1-4-29(35,26-18-34(3)19-32-26)12-9-21-16-22-17-23(30)7-8-24(22)27(20-10-14-33(2)15-11-20)28-25(21)6-5-13-31-28/h5-8,13,16-20,27,35H,4,9-12,14-15H2,1-3H3. The van der Waals surface area contributed by atoms with Gasteiger partial charge in [-0.1, -0.05) is 36.7 Å². The summed E-state index contributed by atoms with van der Waals surface area (Å²) in [6, 6.07) is 10.5.